The van der Waals surface area contributed by atoms with Crippen molar-refractivity contribution in [1.82, 2.24) is 5.32 Å². The molecule has 1 amide bonds. The zero-order valence-electron chi connectivity index (χ0n) is 13.4. The molecule has 0 heterocycles. The Hall–Kier alpha value is -2.14. The average molecular weight is 343 g/mol. The van der Waals surface area contributed by atoms with Crippen LogP contribution in [0.25, 0.3) is 0 Å². The fraction of sp³-hybridized carbons (Fsp3) is 0.316. The number of ether oxygens (including phenoxy) is 1. The Morgan fingerprint density at radius 3 is 2.46 bits per heavy atom. The predicted octanol–water partition coefficient (Wildman–Crippen LogP) is 3.01. The van der Waals surface area contributed by atoms with Crippen LogP contribution in [0.1, 0.15) is 23.2 Å². The molecule has 0 spiro atoms. The van der Waals surface area contributed by atoms with Crippen LogP contribution in [0, 0.1) is 5.92 Å². The molecular weight excluding hydrogens is 322 g/mol. The van der Waals surface area contributed by atoms with E-state index in [1.807, 2.05) is 42.5 Å². The van der Waals surface area contributed by atoms with Gasteiger partial charge in [-0.15, -0.1) is 0 Å². The second-order valence-corrected chi connectivity index (χ2v) is 7.47. The Balaban J connectivity index is 1.43. The average Bonchev–Trinajstić information content (AvgIpc) is 3.45. The minimum Gasteiger partial charge on any atom is -0.493 e. The Morgan fingerprint density at radius 1 is 1.08 bits per heavy atom. The standard InChI is InChI=1S/C19H21NO3S/c21-19(20-12-13-24(22)18-4-2-1-3-5-18)16-8-10-17(11-9-16)23-14-15-6-7-15/h1-5,8-11,15H,6-7,12-14H2,(H,20,21). The lowest BCUT2D eigenvalue weighted by molar-refractivity contribution is 0.0956. The zero-order valence-corrected chi connectivity index (χ0v) is 14.3. The van der Waals surface area contributed by atoms with Gasteiger partial charge in [0, 0.05) is 22.8 Å². The second kappa shape index (κ2) is 8.11. The number of amides is 1. The number of hydrogen-bond acceptors (Lipinski definition) is 3. The van der Waals surface area contributed by atoms with E-state index in [1.54, 1.807) is 12.1 Å². The summed E-state index contributed by atoms with van der Waals surface area (Å²) in [4.78, 5) is 12.9. The van der Waals surface area contributed by atoms with Gasteiger partial charge in [-0.3, -0.25) is 9.00 Å². The van der Waals surface area contributed by atoms with Gasteiger partial charge in [-0.2, -0.15) is 0 Å². The zero-order chi connectivity index (χ0) is 16.8. The molecule has 126 valence electrons. The van der Waals surface area contributed by atoms with Crippen molar-refractivity contribution in [1.29, 1.82) is 0 Å². The first kappa shape index (κ1) is 16.7. The summed E-state index contributed by atoms with van der Waals surface area (Å²) in [5.74, 6) is 1.74. The Morgan fingerprint density at radius 2 is 1.79 bits per heavy atom. The molecule has 2 aromatic rings. The first-order chi connectivity index (χ1) is 11.7. The van der Waals surface area contributed by atoms with Crippen molar-refractivity contribution in [2.24, 2.45) is 5.92 Å². The highest BCUT2D eigenvalue weighted by Gasteiger charge is 2.21. The third-order valence-corrected chi connectivity index (χ3v) is 5.25. The molecule has 1 atom stereocenters. The van der Waals surface area contributed by atoms with Gasteiger partial charge in [-0.25, -0.2) is 0 Å². The van der Waals surface area contributed by atoms with Crippen molar-refractivity contribution in [3.05, 3.63) is 60.2 Å². The molecule has 0 saturated heterocycles. The smallest absolute Gasteiger partial charge is 0.251 e. The molecule has 1 N–H and O–H groups in total. The molecule has 1 saturated carbocycles. The van der Waals surface area contributed by atoms with Gasteiger partial charge in [-0.05, 0) is 55.2 Å². The van der Waals surface area contributed by atoms with Crippen LogP contribution in [-0.4, -0.2) is 29.0 Å². The molecule has 5 heteroatoms. The quantitative estimate of drug-likeness (QED) is 0.802. The van der Waals surface area contributed by atoms with E-state index in [9.17, 15) is 9.00 Å². The topological polar surface area (TPSA) is 55.4 Å². The Kier molecular flexibility index (Phi) is 5.64. The van der Waals surface area contributed by atoms with Crippen molar-refractivity contribution >= 4 is 16.7 Å². The summed E-state index contributed by atoms with van der Waals surface area (Å²) in [7, 11) is -1.10. The molecule has 0 radical (unpaired) electrons. The van der Waals surface area contributed by atoms with Crippen molar-refractivity contribution in [2.75, 3.05) is 18.9 Å². The van der Waals surface area contributed by atoms with Gasteiger partial charge in [0.25, 0.3) is 5.91 Å². The summed E-state index contributed by atoms with van der Waals surface area (Å²) in [6.07, 6.45) is 2.51. The van der Waals surface area contributed by atoms with Gasteiger partial charge >= 0.3 is 0 Å². The summed E-state index contributed by atoms with van der Waals surface area (Å²) in [5.41, 5.74) is 0.583. The summed E-state index contributed by atoms with van der Waals surface area (Å²) in [6.45, 7) is 1.14. The molecule has 24 heavy (non-hydrogen) atoms. The van der Waals surface area contributed by atoms with Gasteiger partial charge in [-0.1, -0.05) is 18.2 Å². The first-order valence-electron chi connectivity index (χ1n) is 8.17. The Labute approximate surface area is 144 Å². The fourth-order valence-electron chi connectivity index (χ4n) is 2.25. The fourth-order valence-corrected chi connectivity index (χ4v) is 3.23. The minimum atomic E-state index is -1.10. The molecular formula is C19H21NO3S. The van der Waals surface area contributed by atoms with Crippen molar-refractivity contribution in [2.45, 2.75) is 17.7 Å². The molecule has 1 aliphatic carbocycles. The third-order valence-electron chi connectivity index (χ3n) is 3.88. The van der Waals surface area contributed by atoms with Crippen LogP contribution >= 0.6 is 0 Å². The molecule has 0 aliphatic heterocycles. The summed E-state index contributed by atoms with van der Waals surface area (Å²) >= 11 is 0. The first-order valence-corrected chi connectivity index (χ1v) is 9.49. The second-order valence-electron chi connectivity index (χ2n) is 5.90. The number of rotatable bonds is 8. The van der Waals surface area contributed by atoms with Crippen LogP contribution in [0.15, 0.2) is 59.5 Å². The SMILES string of the molecule is O=C(NCCS(=O)c1ccccc1)c1ccc(OCC2CC2)cc1. The highest BCUT2D eigenvalue weighted by atomic mass is 32.2. The van der Waals surface area contributed by atoms with E-state index in [1.165, 1.54) is 12.8 Å². The Bertz CT molecular complexity index is 696. The van der Waals surface area contributed by atoms with Gasteiger partial charge in [0.2, 0.25) is 0 Å². The van der Waals surface area contributed by atoms with E-state index < -0.39 is 10.8 Å². The maximum atomic E-state index is 12.1. The largest absolute Gasteiger partial charge is 0.493 e. The summed E-state index contributed by atoms with van der Waals surface area (Å²) < 4.78 is 17.7. The third kappa shape index (κ3) is 4.93. The molecule has 1 fully saturated rings. The van der Waals surface area contributed by atoms with Gasteiger partial charge in [0.1, 0.15) is 5.75 Å². The summed E-state index contributed by atoms with van der Waals surface area (Å²) in [5, 5.41) is 2.81. The molecule has 2 aromatic carbocycles. The highest BCUT2D eigenvalue weighted by molar-refractivity contribution is 7.85. The number of benzene rings is 2. The number of carbonyl (C=O) groups excluding carboxylic acids is 1. The number of hydrogen-bond donors (Lipinski definition) is 1. The molecule has 3 rings (SSSR count). The predicted molar refractivity (Wildman–Crippen MR) is 94.7 cm³/mol. The van der Waals surface area contributed by atoms with Gasteiger partial charge in [0.05, 0.1) is 17.4 Å². The van der Waals surface area contributed by atoms with Crippen LogP contribution in [0.3, 0.4) is 0 Å². The molecule has 0 bridgehead atoms. The lowest BCUT2D eigenvalue weighted by Gasteiger charge is -2.08. The molecule has 1 aliphatic rings. The van der Waals surface area contributed by atoms with Gasteiger partial charge < -0.3 is 10.1 Å². The van der Waals surface area contributed by atoms with Crippen molar-refractivity contribution in [3.8, 4) is 5.75 Å². The lowest BCUT2D eigenvalue weighted by atomic mass is 10.2. The van der Waals surface area contributed by atoms with Crippen molar-refractivity contribution < 1.29 is 13.7 Å². The van der Waals surface area contributed by atoms with Crippen LogP contribution in [0.4, 0.5) is 0 Å². The minimum absolute atomic E-state index is 0.159. The molecule has 4 nitrogen and oxygen atoms in total. The summed E-state index contributed by atoms with van der Waals surface area (Å²) in [6, 6.07) is 16.4. The van der Waals surface area contributed by atoms with Crippen LogP contribution in [0.2, 0.25) is 0 Å². The van der Waals surface area contributed by atoms with E-state index in [-0.39, 0.29) is 5.91 Å². The lowest BCUT2D eigenvalue weighted by Crippen LogP contribution is -2.27. The van der Waals surface area contributed by atoms with Crippen LogP contribution in [-0.2, 0) is 10.8 Å². The number of nitrogens with one attached hydrogen (secondary N) is 1. The maximum Gasteiger partial charge on any atom is 0.251 e. The molecule has 1 unspecified atom stereocenters. The van der Waals surface area contributed by atoms with E-state index >= 15 is 0 Å². The van der Waals surface area contributed by atoms with E-state index in [0.29, 0.717) is 23.8 Å². The normalized spacial score (nSPS) is 14.8. The van der Waals surface area contributed by atoms with Crippen molar-refractivity contribution in [3.63, 3.8) is 0 Å². The maximum absolute atomic E-state index is 12.1. The molecule has 0 aromatic heterocycles. The van der Waals surface area contributed by atoms with E-state index in [2.05, 4.69) is 5.32 Å². The highest BCUT2D eigenvalue weighted by Crippen LogP contribution is 2.29. The monoisotopic (exact) mass is 343 g/mol. The number of carbonyl (C=O) groups is 1. The van der Waals surface area contributed by atoms with Crippen LogP contribution < -0.4 is 10.1 Å². The van der Waals surface area contributed by atoms with E-state index in [0.717, 1.165) is 17.3 Å². The van der Waals surface area contributed by atoms with E-state index in [4.69, 9.17) is 4.74 Å². The van der Waals surface area contributed by atoms with Gasteiger partial charge in [0.15, 0.2) is 0 Å². The van der Waals surface area contributed by atoms with Crippen LogP contribution in [0.5, 0.6) is 5.75 Å².